The third-order valence-corrected chi connectivity index (χ3v) is 3.90. The van der Waals surface area contributed by atoms with Gasteiger partial charge in [-0.3, -0.25) is 4.90 Å². The molecular weight excluding hydrogens is 334 g/mol. The van der Waals surface area contributed by atoms with Crippen molar-refractivity contribution in [1.82, 2.24) is 4.90 Å². The van der Waals surface area contributed by atoms with Crippen molar-refractivity contribution in [1.29, 1.82) is 0 Å². The van der Waals surface area contributed by atoms with Crippen molar-refractivity contribution in [2.24, 2.45) is 5.92 Å². The Balaban J connectivity index is 0.00000134. The monoisotopic (exact) mass is 365 g/mol. The second kappa shape index (κ2) is 12.1. The van der Waals surface area contributed by atoms with Gasteiger partial charge in [0.2, 0.25) is 0 Å². The summed E-state index contributed by atoms with van der Waals surface area (Å²) in [6, 6.07) is 6.30. The van der Waals surface area contributed by atoms with Crippen molar-refractivity contribution in [2.45, 2.75) is 60.0 Å². The Morgan fingerprint density at radius 2 is 1.68 bits per heavy atom. The topological polar surface area (TPSA) is 12.5 Å². The molecule has 1 saturated heterocycles. The molecule has 25 heavy (non-hydrogen) atoms. The summed E-state index contributed by atoms with van der Waals surface area (Å²) in [7, 11) is 0. The van der Waals surface area contributed by atoms with Gasteiger partial charge in [-0.15, -0.1) is 0 Å². The zero-order chi connectivity index (χ0) is 19.5. The van der Waals surface area contributed by atoms with Gasteiger partial charge in [-0.05, 0) is 37.1 Å². The van der Waals surface area contributed by atoms with E-state index in [0.717, 1.165) is 5.56 Å². The van der Waals surface area contributed by atoms with E-state index in [4.69, 9.17) is 0 Å². The maximum absolute atomic E-state index is 13.6. The number of ether oxygens (including phenoxy) is 1. The molecule has 1 aromatic carbocycles. The van der Waals surface area contributed by atoms with Crippen molar-refractivity contribution in [3.8, 4) is 5.75 Å². The highest BCUT2D eigenvalue weighted by Crippen LogP contribution is 2.32. The number of benzene rings is 1. The van der Waals surface area contributed by atoms with E-state index >= 15 is 0 Å². The largest absolute Gasteiger partial charge is 0.435 e. The van der Waals surface area contributed by atoms with Crippen LogP contribution >= 0.6 is 0 Å². The van der Waals surface area contributed by atoms with Crippen LogP contribution in [0.3, 0.4) is 0 Å². The van der Waals surface area contributed by atoms with E-state index in [1.807, 2.05) is 27.7 Å². The molecule has 1 atom stereocenters. The summed E-state index contributed by atoms with van der Waals surface area (Å²) in [6.07, 6.45) is 1.10. The standard InChI is InChI=1S/C15H19F4NO.2C2H6/c1-11-6-8-20(10-15(11,18)19)9-7-12-2-4-13(5-3-12)21-14(16)17;2*1-2/h2-5,11,14H,6-10H2,1H3;2*1-2H3. The average Bonchev–Trinajstić information content (AvgIpc) is 2.60. The lowest BCUT2D eigenvalue weighted by Gasteiger charge is -2.36. The highest BCUT2D eigenvalue weighted by Gasteiger charge is 2.41. The first-order chi connectivity index (χ1) is 11.9. The number of halogens is 4. The van der Waals surface area contributed by atoms with Gasteiger partial charge in [0.15, 0.2) is 0 Å². The van der Waals surface area contributed by atoms with Gasteiger partial charge in [0, 0.05) is 12.5 Å². The molecule has 1 heterocycles. The van der Waals surface area contributed by atoms with Crippen LogP contribution in [0.25, 0.3) is 0 Å². The van der Waals surface area contributed by atoms with E-state index in [9.17, 15) is 17.6 Å². The molecule has 0 aliphatic carbocycles. The fourth-order valence-electron chi connectivity index (χ4n) is 2.44. The van der Waals surface area contributed by atoms with Crippen molar-refractivity contribution < 1.29 is 22.3 Å². The van der Waals surface area contributed by atoms with Crippen LogP contribution in [0.5, 0.6) is 5.75 Å². The SMILES string of the molecule is CC.CC.CC1CCN(CCc2ccc(OC(F)F)cc2)CC1(F)F. The smallest absolute Gasteiger partial charge is 0.387 e. The summed E-state index contributed by atoms with van der Waals surface area (Å²) in [4.78, 5) is 1.75. The molecule has 2 nitrogen and oxygen atoms in total. The van der Waals surface area contributed by atoms with E-state index in [2.05, 4.69) is 4.74 Å². The summed E-state index contributed by atoms with van der Waals surface area (Å²) in [5, 5.41) is 0. The molecule has 0 bridgehead atoms. The first-order valence-electron chi connectivity index (χ1n) is 9.01. The summed E-state index contributed by atoms with van der Waals surface area (Å²) in [6.45, 7) is 7.74. The van der Waals surface area contributed by atoms with Gasteiger partial charge in [0.1, 0.15) is 5.75 Å². The first-order valence-corrected chi connectivity index (χ1v) is 9.01. The van der Waals surface area contributed by atoms with E-state index < -0.39 is 18.5 Å². The van der Waals surface area contributed by atoms with Gasteiger partial charge in [-0.25, -0.2) is 8.78 Å². The molecule has 0 spiro atoms. The minimum absolute atomic E-state index is 0.104. The minimum atomic E-state index is -2.84. The Labute approximate surface area is 149 Å². The second-order valence-corrected chi connectivity index (χ2v) is 5.50. The maximum Gasteiger partial charge on any atom is 0.387 e. The summed E-state index contributed by atoms with van der Waals surface area (Å²) >= 11 is 0. The van der Waals surface area contributed by atoms with Gasteiger partial charge in [-0.1, -0.05) is 46.8 Å². The lowest BCUT2D eigenvalue weighted by molar-refractivity contribution is -0.104. The van der Waals surface area contributed by atoms with Crippen molar-refractivity contribution >= 4 is 0 Å². The molecule has 6 heteroatoms. The van der Waals surface area contributed by atoms with E-state index in [0.29, 0.717) is 25.9 Å². The Morgan fingerprint density at radius 3 is 2.16 bits per heavy atom. The molecule has 0 aromatic heterocycles. The van der Waals surface area contributed by atoms with Gasteiger partial charge >= 0.3 is 6.61 Å². The van der Waals surface area contributed by atoms with Crippen LogP contribution in [0, 0.1) is 5.92 Å². The zero-order valence-corrected chi connectivity index (χ0v) is 15.9. The lowest BCUT2D eigenvalue weighted by atomic mass is 9.94. The molecule has 2 rings (SSSR count). The zero-order valence-electron chi connectivity index (χ0n) is 15.9. The molecule has 146 valence electrons. The second-order valence-electron chi connectivity index (χ2n) is 5.50. The van der Waals surface area contributed by atoms with Crippen LogP contribution in [0.1, 0.15) is 46.6 Å². The van der Waals surface area contributed by atoms with Crippen LogP contribution < -0.4 is 4.74 Å². The van der Waals surface area contributed by atoms with Crippen LogP contribution in [0.2, 0.25) is 0 Å². The number of hydrogen-bond donors (Lipinski definition) is 0. The molecule has 1 aliphatic heterocycles. The molecule has 0 saturated carbocycles. The Kier molecular flexibility index (Phi) is 11.5. The number of rotatable bonds is 5. The molecule has 1 fully saturated rings. The summed E-state index contributed by atoms with van der Waals surface area (Å²) < 4.78 is 55.5. The maximum atomic E-state index is 13.6. The van der Waals surface area contributed by atoms with Crippen LogP contribution in [-0.2, 0) is 6.42 Å². The first kappa shape index (κ1) is 23.7. The van der Waals surface area contributed by atoms with Gasteiger partial charge in [-0.2, -0.15) is 8.78 Å². The highest BCUT2D eigenvalue weighted by atomic mass is 19.3. The minimum Gasteiger partial charge on any atom is -0.435 e. The van der Waals surface area contributed by atoms with Gasteiger partial charge in [0.25, 0.3) is 5.92 Å². The van der Waals surface area contributed by atoms with Crippen LogP contribution in [0.4, 0.5) is 17.6 Å². The van der Waals surface area contributed by atoms with Gasteiger partial charge in [0.05, 0.1) is 6.54 Å². The molecule has 0 amide bonds. The van der Waals surface area contributed by atoms with Crippen LogP contribution in [0.15, 0.2) is 24.3 Å². The fourth-order valence-corrected chi connectivity index (χ4v) is 2.44. The molecule has 1 aromatic rings. The predicted octanol–water partition coefficient (Wildman–Crippen LogP) is 5.86. The van der Waals surface area contributed by atoms with E-state index in [-0.39, 0.29) is 12.3 Å². The number of piperidine rings is 1. The number of alkyl halides is 4. The molecule has 1 unspecified atom stereocenters. The van der Waals surface area contributed by atoms with Crippen molar-refractivity contribution in [3.63, 3.8) is 0 Å². The Hall–Kier alpha value is -1.30. The van der Waals surface area contributed by atoms with E-state index in [1.165, 1.54) is 12.1 Å². The Bertz CT molecular complexity index is 451. The lowest BCUT2D eigenvalue weighted by Crippen LogP contribution is -2.48. The van der Waals surface area contributed by atoms with Crippen molar-refractivity contribution in [2.75, 3.05) is 19.6 Å². The third-order valence-electron chi connectivity index (χ3n) is 3.90. The molecule has 0 radical (unpaired) electrons. The summed E-state index contributed by atoms with van der Waals surface area (Å²) in [5.74, 6) is -3.10. The van der Waals surface area contributed by atoms with Crippen LogP contribution in [-0.4, -0.2) is 37.1 Å². The normalized spacial score (nSPS) is 19.4. The fraction of sp³-hybridized carbons (Fsp3) is 0.684. The average molecular weight is 365 g/mol. The predicted molar refractivity (Wildman–Crippen MR) is 94.6 cm³/mol. The number of nitrogens with zero attached hydrogens (tertiary/aromatic N) is 1. The Morgan fingerprint density at radius 1 is 1.12 bits per heavy atom. The third kappa shape index (κ3) is 8.56. The molecule has 0 N–H and O–H groups in total. The van der Waals surface area contributed by atoms with Gasteiger partial charge < -0.3 is 4.74 Å². The molecule has 1 aliphatic rings. The van der Waals surface area contributed by atoms with Crippen molar-refractivity contribution in [3.05, 3.63) is 29.8 Å². The highest BCUT2D eigenvalue weighted by molar-refractivity contribution is 5.27. The number of hydrogen-bond acceptors (Lipinski definition) is 2. The molecular formula is C19H31F4NO. The summed E-state index contributed by atoms with van der Waals surface area (Å²) in [5.41, 5.74) is 0.915. The number of likely N-dealkylation sites (tertiary alicyclic amines) is 1. The quantitative estimate of drug-likeness (QED) is 0.606. The van der Waals surface area contributed by atoms with E-state index in [1.54, 1.807) is 24.0 Å².